The molecule has 1 aromatic carbocycles. The number of hydrogen-bond donors (Lipinski definition) is 1. The van der Waals surface area contributed by atoms with E-state index >= 15 is 0 Å². The first-order valence-electron chi connectivity index (χ1n) is 6.77. The monoisotopic (exact) mass is 288 g/mol. The van der Waals surface area contributed by atoms with Crippen LogP contribution in [0.2, 0.25) is 0 Å². The third-order valence-corrected chi connectivity index (χ3v) is 3.87. The first-order chi connectivity index (χ1) is 9.69. The molecule has 0 atom stereocenters. The summed E-state index contributed by atoms with van der Waals surface area (Å²) in [5.74, 6) is 1.57. The number of anilines is 1. The molecule has 0 saturated carbocycles. The average Bonchev–Trinajstić information content (AvgIpc) is 2.76. The molecule has 5 heteroatoms. The molecule has 0 saturated heterocycles. The molecule has 0 spiro atoms. The SMILES string of the molecule is CCCCSc1cccc(C=Nn2cc(C)nc2N)c1. The third-order valence-electron chi connectivity index (χ3n) is 2.79. The fourth-order valence-corrected chi connectivity index (χ4v) is 2.81. The van der Waals surface area contributed by atoms with Gasteiger partial charge in [-0.1, -0.05) is 25.5 Å². The molecule has 2 rings (SSSR count). The Kier molecular flexibility index (Phi) is 5.24. The van der Waals surface area contributed by atoms with E-state index in [4.69, 9.17) is 5.73 Å². The lowest BCUT2D eigenvalue weighted by Crippen LogP contribution is -1.97. The van der Waals surface area contributed by atoms with E-state index in [2.05, 4.69) is 35.2 Å². The zero-order valence-electron chi connectivity index (χ0n) is 11.9. The average molecular weight is 288 g/mol. The van der Waals surface area contributed by atoms with Crippen molar-refractivity contribution < 1.29 is 0 Å². The number of aryl methyl sites for hydroxylation is 1. The topological polar surface area (TPSA) is 56.2 Å². The van der Waals surface area contributed by atoms with Gasteiger partial charge in [0.2, 0.25) is 5.95 Å². The predicted octanol–water partition coefficient (Wildman–Crippen LogP) is 3.55. The predicted molar refractivity (Wildman–Crippen MR) is 86.4 cm³/mol. The molecule has 2 aromatic rings. The maximum absolute atomic E-state index is 5.75. The van der Waals surface area contributed by atoms with Crippen LogP contribution in [0.3, 0.4) is 0 Å². The van der Waals surface area contributed by atoms with E-state index in [1.165, 1.54) is 17.7 Å². The first kappa shape index (κ1) is 14.7. The van der Waals surface area contributed by atoms with Crippen molar-refractivity contribution in [2.45, 2.75) is 31.6 Å². The van der Waals surface area contributed by atoms with Crippen LogP contribution in [0.1, 0.15) is 31.0 Å². The van der Waals surface area contributed by atoms with Gasteiger partial charge in [-0.25, -0.2) is 9.66 Å². The minimum absolute atomic E-state index is 0.409. The third kappa shape index (κ3) is 4.13. The standard InChI is InChI=1S/C15H20N4S/c1-3-4-8-20-14-7-5-6-13(9-14)10-17-19-11-12(2)18-15(19)16/h5-7,9-11H,3-4,8H2,1-2H3,(H2,16,18). The van der Waals surface area contributed by atoms with Crippen LogP contribution in [0, 0.1) is 6.92 Å². The molecule has 4 nitrogen and oxygen atoms in total. The van der Waals surface area contributed by atoms with Crippen LogP contribution >= 0.6 is 11.8 Å². The molecule has 2 N–H and O–H groups in total. The number of rotatable bonds is 6. The van der Waals surface area contributed by atoms with Gasteiger partial charge in [0.1, 0.15) is 0 Å². The van der Waals surface area contributed by atoms with Crippen molar-refractivity contribution in [1.29, 1.82) is 0 Å². The number of unbranched alkanes of at least 4 members (excludes halogenated alkanes) is 1. The molecule has 0 unspecified atom stereocenters. The van der Waals surface area contributed by atoms with Crippen molar-refractivity contribution in [3.63, 3.8) is 0 Å². The van der Waals surface area contributed by atoms with E-state index in [1.807, 2.05) is 30.9 Å². The van der Waals surface area contributed by atoms with Gasteiger partial charge in [-0.05, 0) is 36.8 Å². The van der Waals surface area contributed by atoms with Gasteiger partial charge >= 0.3 is 0 Å². The highest BCUT2D eigenvalue weighted by atomic mass is 32.2. The number of nitrogens with two attached hydrogens (primary N) is 1. The van der Waals surface area contributed by atoms with Gasteiger partial charge in [0.25, 0.3) is 0 Å². The quantitative estimate of drug-likeness (QED) is 0.502. The van der Waals surface area contributed by atoms with Crippen LogP contribution in [0.25, 0.3) is 0 Å². The summed E-state index contributed by atoms with van der Waals surface area (Å²) in [4.78, 5) is 5.39. The Morgan fingerprint density at radius 3 is 3.00 bits per heavy atom. The molecule has 0 radical (unpaired) electrons. The Balaban J connectivity index is 2.05. The minimum Gasteiger partial charge on any atom is -0.368 e. The van der Waals surface area contributed by atoms with Crippen molar-refractivity contribution in [3.05, 3.63) is 41.7 Å². The Morgan fingerprint density at radius 2 is 2.30 bits per heavy atom. The number of thioether (sulfide) groups is 1. The Bertz CT molecular complexity index is 589. The molecule has 0 aliphatic rings. The summed E-state index contributed by atoms with van der Waals surface area (Å²) in [7, 11) is 0. The molecule has 20 heavy (non-hydrogen) atoms. The van der Waals surface area contributed by atoms with E-state index in [0.29, 0.717) is 5.95 Å². The van der Waals surface area contributed by atoms with Gasteiger partial charge in [-0.15, -0.1) is 11.8 Å². The van der Waals surface area contributed by atoms with Crippen LogP contribution in [0.4, 0.5) is 5.95 Å². The summed E-state index contributed by atoms with van der Waals surface area (Å²) in [6.45, 7) is 4.11. The van der Waals surface area contributed by atoms with E-state index < -0.39 is 0 Å². The van der Waals surface area contributed by atoms with Crippen LogP contribution < -0.4 is 5.73 Å². The van der Waals surface area contributed by atoms with Crippen LogP contribution in [0.15, 0.2) is 40.5 Å². The number of imidazole rings is 1. The number of hydrogen-bond acceptors (Lipinski definition) is 4. The van der Waals surface area contributed by atoms with Gasteiger partial charge in [0.15, 0.2) is 0 Å². The lowest BCUT2D eigenvalue weighted by atomic mass is 10.2. The molecule has 1 aromatic heterocycles. The van der Waals surface area contributed by atoms with Crippen LogP contribution in [-0.2, 0) is 0 Å². The summed E-state index contributed by atoms with van der Waals surface area (Å²) in [5, 5.41) is 4.33. The van der Waals surface area contributed by atoms with E-state index in [0.717, 1.165) is 17.0 Å². The summed E-state index contributed by atoms with van der Waals surface area (Å²) < 4.78 is 1.59. The first-order valence-corrected chi connectivity index (χ1v) is 7.76. The highest BCUT2D eigenvalue weighted by Gasteiger charge is 1.99. The smallest absolute Gasteiger partial charge is 0.221 e. The van der Waals surface area contributed by atoms with Crippen molar-refractivity contribution in [1.82, 2.24) is 9.66 Å². The fraction of sp³-hybridized carbons (Fsp3) is 0.333. The number of benzene rings is 1. The largest absolute Gasteiger partial charge is 0.368 e. The fourth-order valence-electron chi connectivity index (χ4n) is 1.74. The van der Waals surface area contributed by atoms with Gasteiger partial charge in [0.05, 0.1) is 18.1 Å². The summed E-state index contributed by atoms with van der Waals surface area (Å²) in [5.41, 5.74) is 7.68. The molecule has 0 fully saturated rings. The summed E-state index contributed by atoms with van der Waals surface area (Å²) >= 11 is 1.88. The minimum atomic E-state index is 0.409. The van der Waals surface area contributed by atoms with Gasteiger partial charge in [-0.3, -0.25) is 0 Å². The van der Waals surface area contributed by atoms with E-state index in [9.17, 15) is 0 Å². The van der Waals surface area contributed by atoms with Crippen molar-refractivity contribution in [3.8, 4) is 0 Å². The van der Waals surface area contributed by atoms with Gasteiger partial charge in [0, 0.05) is 4.90 Å². The van der Waals surface area contributed by atoms with Crippen molar-refractivity contribution >= 4 is 23.9 Å². The molecular weight excluding hydrogens is 268 g/mol. The molecule has 0 aliphatic heterocycles. The molecule has 1 heterocycles. The lowest BCUT2D eigenvalue weighted by molar-refractivity contribution is 0.895. The maximum atomic E-state index is 5.75. The van der Waals surface area contributed by atoms with E-state index in [-0.39, 0.29) is 0 Å². The lowest BCUT2D eigenvalue weighted by Gasteiger charge is -2.02. The molecule has 0 bridgehead atoms. The van der Waals surface area contributed by atoms with Crippen LogP contribution in [0.5, 0.6) is 0 Å². The van der Waals surface area contributed by atoms with Crippen molar-refractivity contribution in [2.24, 2.45) is 5.10 Å². The highest BCUT2D eigenvalue weighted by Crippen LogP contribution is 2.20. The normalized spacial score (nSPS) is 11.3. The second-order valence-electron chi connectivity index (χ2n) is 4.60. The molecule has 0 aliphatic carbocycles. The number of aromatic nitrogens is 2. The van der Waals surface area contributed by atoms with Crippen LogP contribution in [-0.4, -0.2) is 21.6 Å². The second-order valence-corrected chi connectivity index (χ2v) is 5.77. The Hall–Kier alpha value is -1.75. The number of nitrogen functional groups attached to an aromatic ring is 1. The number of nitrogens with zero attached hydrogens (tertiary/aromatic N) is 3. The second kappa shape index (κ2) is 7.14. The molecule has 0 amide bonds. The highest BCUT2D eigenvalue weighted by molar-refractivity contribution is 7.99. The molecular formula is C15H20N4S. The Labute approximate surface area is 124 Å². The summed E-state index contributed by atoms with van der Waals surface area (Å²) in [6, 6.07) is 8.36. The van der Waals surface area contributed by atoms with Crippen molar-refractivity contribution in [2.75, 3.05) is 11.5 Å². The zero-order valence-corrected chi connectivity index (χ0v) is 12.7. The van der Waals surface area contributed by atoms with Gasteiger partial charge < -0.3 is 5.73 Å². The Morgan fingerprint density at radius 1 is 1.45 bits per heavy atom. The van der Waals surface area contributed by atoms with Gasteiger partial charge in [-0.2, -0.15) is 5.10 Å². The van der Waals surface area contributed by atoms with E-state index in [1.54, 1.807) is 10.9 Å². The maximum Gasteiger partial charge on any atom is 0.221 e. The zero-order chi connectivity index (χ0) is 14.4. The summed E-state index contributed by atoms with van der Waals surface area (Å²) in [6.07, 6.45) is 6.09. The molecule has 106 valence electrons.